The molecule has 1 aliphatic carbocycles. The van der Waals surface area contributed by atoms with Crippen molar-refractivity contribution in [3.8, 4) is 0 Å². The maximum absolute atomic E-state index is 12.2. The monoisotopic (exact) mass is 301 g/mol. The maximum atomic E-state index is 12.2. The first kappa shape index (κ1) is 15.5. The van der Waals surface area contributed by atoms with Crippen LogP contribution in [-0.2, 0) is 16.6 Å². The number of aromatic nitrogens is 2. The Labute approximate surface area is 120 Å². The van der Waals surface area contributed by atoms with E-state index < -0.39 is 10.0 Å². The van der Waals surface area contributed by atoms with Gasteiger partial charge in [-0.15, -0.1) is 0 Å². The second-order valence-electron chi connectivity index (χ2n) is 5.55. The van der Waals surface area contributed by atoms with Crippen LogP contribution in [0, 0.1) is 5.41 Å². The molecule has 0 unspecified atom stereocenters. The maximum Gasteiger partial charge on any atom is 0.243 e. The first-order valence-electron chi connectivity index (χ1n) is 7.14. The molecule has 2 rings (SSSR count). The predicted molar refractivity (Wildman–Crippen MR) is 75.7 cm³/mol. The Balaban J connectivity index is 1.97. The largest absolute Gasteiger partial charge is 0.396 e. The van der Waals surface area contributed by atoms with Crippen LogP contribution in [0.5, 0.6) is 0 Å². The fourth-order valence-corrected chi connectivity index (χ4v) is 3.61. The summed E-state index contributed by atoms with van der Waals surface area (Å²) in [6, 6.07) is 0. The van der Waals surface area contributed by atoms with Gasteiger partial charge in [0.05, 0.1) is 6.20 Å². The first-order chi connectivity index (χ1) is 9.51. The molecule has 1 aromatic heterocycles. The number of hydrogen-bond donors (Lipinski definition) is 2. The third-order valence-electron chi connectivity index (χ3n) is 4.27. The minimum Gasteiger partial charge on any atom is -0.396 e. The molecule has 2 N–H and O–H groups in total. The average Bonchev–Trinajstić information content (AvgIpc) is 2.85. The Kier molecular flexibility index (Phi) is 4.82. The van der Waals surface area contributed by atoms with Gasteiger partial charge in [0.2, 0.25) is 10.0 Å². The summed E-state index contributed by atoms with van der Waals surface area (Å²) in [5, 5.41) is 12.8. The van der Waals surface area contributed by atoms with Gasteiger partial charge in [-0.3, -0.25) is 4.68 Å². The van der Waals surface area contributed by atoms with E-state index in [4.69, 9.17) is 5.11 Å². The highest BCUT2D eigenvalue weighted by molar-refractivity contribution is 7.89. The van der Waals surface area contributed by atoms with Crippen molar-refractivity contribution in [2.24, 2.45) is 5.41 Å². The van der Waals surface area contributed by atoms with Gasteiger partial charge < -0.3 is 5.11 Å². The molecule has 0 aromatic carbocycles. The number of rotatable bonds is 8. The van der Waals surface area contributed by atoms with E-state index in [2.05, 4.69) is 16.7 Å². The molecule has 0 spiro atoms. The van der Waals surface area contributed by atoms with Crippen molar-refractivity contribution in [1.29, 1.82) is 0 Å². The van der Waals surface area contributed by atoms with Gasteiger partial charge in [-0.05, 0) is 31.1 Å². The fraction of sp³-hybridized carbons (Fsp3) is 0.769. The molecule has 0 atom stereocenters. The van der Waals surface area contributed by atoms with Crippen molar-refractivity contribution in [3.63, 3.8) is 0 Å². The Morgan fingerprint density at radius 1 is 1.50 bits per heavy atom. The van der Waals surface area contributed by atoms with E-state index in [1.165, 1.54) is 18.8 Å². The summed E-state index contributed by atoms with van der Waals surface area (Å²) in [4.78, 5) is 0.195. The van der Waals surface area contributed by atoms with Crippen molar-refractivity contribution < 1.29 is 13.5 Å². The molecule has 0 radical (unpaired) electrons. The minimum atomic E-state index is -3.48. The lowest BCUT2D eigenvalue weighted by molar-refractivity contribution is 0.133. The molecule has 1 saturated carbocycles. The van der Waals surface area contributed by atoms with E-state index in [0.29, 0.717) is 19.5 Å². The number of nitrogens with one attached hydrogen (secondary N) is 1. The Bertz CT molecular complexity index is 529. The van der Waals surface area contributed by atoms with E-state index >= 15 is 0 Å². The van der Waals surface area contributed by atoms with Gasteiger partial charge in [0.1, 0.15) is 4.90 Å². The van der Waals surface area contributed by atoms with Crippen LogP contribution in [0.1, 0.15) is 39.0 Å². The van der Waals surface area contributed by atoms with Crippen molar-refractivity contribution in [2.45, 2.75) is 50.5 Å². The van der Waals surface area contributed by atoms with Crippen molar-refractivity contribution in [2.75, 3.05) is 13.2 Å². The zero-order valence-corrected chi connectivity index (χ0v) is 12.7. The smallest absolute Gasteiger partial charge is 0.243 e. The van der Waals surface area contributed by atoms with Crippen LogP contribution in [0.25, 0.3) is 0 Å². The standard InChI is InChI=1S/C13H23N3O3S/c1-2-13(5-3-6-13)11-15-20(18,19)12-9-14-16(10-12)7-4-8-17/h9-10,15,17H,2-8,11H2,1H3. The summed E-state index contributed by atoms with van der Waals surface area (Å²) in [7, 11) is -3.48. The number of aliphatic hydroxyl groups excluding tert-OH is 1. The quantitative estimate of drug-likeness (QED) is 0.753. The van der Waals surface area contributed by atoms with Crippen LogP contribution in [0.3, 0.4) is 0 Å². The highest BCUT2D eigenvalue weighted by Crippen LogP contribution is 2.43. The molecular formula is C13H23N3O3S. The van der Waals surface area contributed by atoms with Gasteiger partial charge in [0.25, 0.3) is 0 Å². The van der Waals surface area contributed by atoms with Crippen LogP contribution in [0.2, 0.25) is 0 Å². The average molecular weight is 301 g/mol. The lowest BCUT2D eigenvalue weighted by Crippen LogP contribution is -2.41. The molecule has 20 heavy (non-hydrogen) atoms. The van der Waals surface area contributed by atoms with Crippen LogP contribution in [0.4, 0.5) is 0 Å². The van der Waals surface area contributed by atoms with E-state index in [1.807, 2.05) is 0 Å². The first-order valence-corrected chi connectivity index (χ1v) is 8.63. The summed E-state index contributed by atoms with van der Waals surface area (Å²) >= 11 is 0. The summed E-state index contributed by atoms with van der Waals surface area (Å²) in [5.41, 5.74) is 0.153. The molecular weight excluding hydrogens is 278 g/mol. The zero-order chi connectivity index (χ0) is 14.6. The van der Waals surface area contributed by atoms with Gasteiger partial charge >= 0.3 is 0 Å². The lowest BCUT2D eigenvalue weighted by Gasteiger charge is -2.41. The SMILES string of the molecule is CCC1(CNS(=O)(=O)c2cnn(CCCO)c2)CCC1. The topological polar surface area (TPSA) is 84.2 Å². The third-order valence-corrected chi connectivity index (χ3v) is 5.62. The van der Waals surface area contributed by atoms with E-state index in [9.17, 15) is 8.42 Å². The van der Waals surface area contributed by atoms with Crippen LogP contribution in [-0.4, -0.2) is 36.5 Å². The van der Waals surface area contributed by atoms with Gasteiger partial charge in [0.15, 0.2) is 0 Å². The van der Waals surface area contributed by atoms with Gasteiger partial charge in [-0.2, -0.15) is 5.10 Å². The van der Waals surface area contributed by atoms with Gasteiger partial charge in [-0.1, -0.05) is 13.3 Å². The molecule has 114 valence electrons. The molecule has 0 aliphatic heterocycles. The van der Waals surface area contributed by atoms with Crippen LogP contribution < -0.4 is 4.72 Å². The molecule has 0 bridgehead atoms. The number of aliphatic hydroxyl groups is 1. The van der Waals surface area contributed by atoms with Crippen LogP contribution >= 0.6 is 0 Å². The van der Waals surface area contributed by atoms with Gasteiger partial charge in [-0.25, -0.2) is 13.1 Å². The Morgan fingerprint density at radius 3 is 2.80 bits per heavy atom. The number of aryl methyl sites for hydroxylation is 1. The van der Waals surface area contributed by atoms with E-state index in [0.717, 1.165) is 19.3 Å². The number of nitrogens with zero attached hydrogens (tertiary/aromatic N) is 2. The lowest BCUT2D eigenvalue weighted by atomic mass is 9.67. The van der Waals surface area contributed by atoms with Gasteiger partial charge in [0, 0.05) is 25.9 Å². The fourth-order valence-electron chi connectivity index (χ4n) is 2.50. The summed E-state index contributed by atoms with van der Waals surface area (Å²) < 4.78 is 28.7. The van der Waals surface area contributed by atoms with Crippen LogP contribution in [0.15, 0.2) is 17.3 Å². The predicted octanol–water partition coefficient (Wildman–Crippen LogP) is 1.12. The molecule has 1 aromatic rings. The summed E-state index contributed by atoms with van der Waals surface area (Å²) in [6.07, 6.45) is 7.83. The molecule has 1 aliphatic rings. The molecule has 1 fully saturated rings. The second-order valence-corrected chi connectivity index (χ2v) is 7.31. The van der Waals surface area contributed by atoms with E-state index in [1.54, 1.807) is 4.68 Å². The normalized spacial score (nSPS) is 17.9. The second kappa shape index (κ2) is 6.24. The van der Waals surface area contributed by atoms with E-state index in [-0.39, 0.29) is 16.9 Å². The minimum absolute atomic E-state index is 0.0687. The number of sulfonamides is 1. The molecule has 0 amide bonds. The van der Waals surface area contributed by atoms with Crippen molar-refractivity contribution >= 4 is 10.0 Å². The Hall–Kier alpha value is -0.920. The van der Waals surface area contributed by atoms with Crippen molar-refractivity contribution in [1.82, 2.24) is 14.5 Å². The Morgan fingerprint density at radius 2 is 2.25 bits per heavy atom. The highest BCUT2D eigenvalue weighted by Gasteiger charge is 2.36. The zero-order valence-electron chi connectivity index (χ0n) is 11.9. The van der Waals surface area contributed by atoms with Crippen molar-refractivity contribution in [3.05, 3.63) is 12.4 Å². The highest BCUT2D eigenvalue weighted by atomic mass is 32.2. The molecule has 7 heteroatoms. The molecule has 0 saturated heterocycles. The molecule has 1 heterocycles. The summed E-state index contributed by atoms with van der Waals surface area (Å²) in [6.45, 7) is 3.21. The third kappa shape index (κ3) is 3.39. The summed E-state index contributed by atoms with van der Waals surface area (Å²) in [5.74, 6) is 0. The molecule has 6 nitrogen and oxygen atoms in total. The number of hydrogen-bond acceptors (Lipinski definition) is 4.